The van der Waals surface area contributed by atoms with Crippen molar-refractivity contribution in [2.24, 2.45) is 0 Å². The number of aromatic nitrogens is 1. The molecule has 0 aromatic carbocycles. The van der Waals surface area contributed by atoms with Gasteiger partial charge in [0.15, 0.2) is 0 Å². The maximum atomic E-state index is 12.3. The summed E-state index contributed by atoms with van der Waals surface area (Å²) < 4.78 is 1.60. The Balaban J connectivity index is 2.29. The number of hydrogen-bond donors (Lipinski definition) is 1. The molecule has 1 saturated carbocycles. The van der Waals surface area contributed by atoms with Gasteiger partial charge in [-0.1, -0.05) is 18.0 Å². The number of aryl methyl sites for hydroxylation is 1. The summed E-state index contributed by atoms with van der Waals surface area (Å²) in [7, 11) is 0. The van der Waals surface area contributed by atoms with Crippen LogP contribution < -0.4 is 10.9 Å². The summed E-state index contributed by atoms with van der Waals surface area (Å²) in [6.45, 7) is 1.74. The molecule has 2 heterocycles. The zero-order valence-electron chi connectivity index (χ0n) is 10.3. The van der Waals surface area contributed by atoms with Crippen molar-refractivity contribution in [3.8, 4) is 0 Å². The number of halogens is 1. The summed E-state index contributed by atoms with van der Waals surface area (Å²) in [5.41, 5.74) is 0.284. The summed E-state index contributed by atoms with van der Waals surface area (Å²) in [6.07, 6.45) is 4.83. The third-order valence-corrected chi connectivity index (χ3v) is 4.29. The molecule has 1 spiro atoms. The van der Waals surface area contributed by atoms with Gasteiger partial charge in [0, 0.05) is 5.56 Å². The summed E-state index contributed by atoms with van der Waals surface area (Å²) in [5.74, 6) is -0.223. The highest BCUT2D eigenvalue weighted by molar-refractivity contribution is 6.33. The van der Waals surface area contributed by atoms with Crippen molar-refractivity contribution in [1.82, 2.24) is 9.88 Å². The minimum Gasteiger partial charge on any atom is -0.327 e. The Labute approximate surface area is 110 Å². The van der Waals surface area contributed by atoms with E-state index in [2.05, 4.69) is 5.32 Å². The average molecular weight is 267 g/mol. The number of carbonyl (C=O) groups excluding carboxylic acids is 1. The number of nitrogens with one attached hydrogen (secondary N) is 1. The Hall–Kier alpha value is -1.29. The molecule has 0 radical (unpaired) electrons. The van der Waals surface area contributed by atoms with Crippen LogP contribution in [0, 0.1) is 6.92 Å². The van der Waals surface area contributed by atoms with Gasteiger partial charge in [0.25, 0.3) is 11.5 Å². The Morgan fingerprint density at radius 1 is 1.28 bits per heavy atom. The third kappa shape index (κ3) is 1.45. The van der Waals surface area contributed by atoms with E-state index in [0.717, 1.165) is 32.1 Å². The first-order chi connectivity index (χ1) is 8.55. The summed E-state index contributed by atoms with van der Waals surface area (Å²) in [5, 5.41) is 3.35. The smallest absolute Gasteiger partial charge is 0.271 e. The molecule has 1 aromatic heterocycles. The molecule has 96 valence electrons. The molecule has 2 aliphatic rings. The van der Waals surface area contributed by atoms with Gasteiger partial charge in [-0.2, -0.15) is 0 Å². The predicted octanol–water partition coefficient (Wildman–Crippen LogP) is 2.17. The molecule has 1 fully saturated rings. The monoisotopic (exact) mass is 266 g/mol. The molecule has 1 aliphatic carbocycles. The van der Waals surface area contributed by atoms with Crippen molar-refractivity contribution in [3.63, 3.8) is 0 Å². The molecule has 0 saturated heterocycles. The molecular formula is C13H15ClN2O2. The predicted molar refractivity (Wildman–Crippen MR) is 69.0 cm³/mol. The van der Waals surface area contributed by atoms with Crippen LogP contribution in [0.3, 0.4) is 0 Å². The Morgan fingerprint density at radius 2 is 1.94 bits per heavy atom. The van der Waals surface area contributed by atoms with E-state index in [0.29, 0.717) is 16.3 Å². The summed E-state index contributed by atoms with van der Waals surface area (Å²) in [4.78, 5) is 24.4. The lowest BCUT2D eigenvalue weighted by Crippen LogP contribution is -2.48. The van der Waals surface area contributed by atoms with Gasteiger partial charge in [0.05, 0.1) is 5.02 Å². The second-order valence-electron chi connectivity index (χ2n) is 5.21. The van der Waals surface area contributed by atoms with Gasteiger partial charge >= 0.3 is 0 Å². The largest absolute Gasteiger partial charge is 0.327 e. The molecule has 1 aliphatic heterocycles. The number of fused-ring (bicyclic) bond motifs is 2. The molecule has 1 aromatic rings. The summed E-state index contributed by atoms with van der Waals surface area (Å²) >= 11 is 6.12. The van der Waals surface area contributed by atoms with Crippen LogP contribution in [0.15, 0.2) is 10.9 Å². The molecule has 1 N–H and O–H groups in total. The molecule has 3 rings (SSSR count). The SMILES string of the molecule is Cc1cc(Cl)c2n(c1=O)C1(CCCCC1)NC2=O. The number of carbonyl (C=O) groups is 1. The van der Waals surface area contributed by atoms with E-state index >= 15 is 0 Å². The molecule has 0 unspecified atom stereocenters. The van der Waals surface area contributed by atoms with Crippen LogP contribution in [0.1, 0.15) is 48.2 Å². The average Bonchev–Trinajstić information content (AvgIpc) is 2.60. The standard InChI is InChI=1S/C13H15ClN2O2/c1-8-7-9(14)10-11(17)15-13(16(10)12(8)18)5-3-2-4-6-13/h7H,2-6H2,1H3,(H,15,17). The van der Waals surface area contributed by atoms with Crippen molar-refractivity contribution >= 4 is 17.5 Å². The lowest BCUT2D eigenvalue weighted by molar-refractivity contribution is 0.0876. The minimum atomic E-state index is -0.530. The molecule has 18 heavy (non-hydrogen) atoms. The van der Waals surface area contributed by atoms with E-state index < -0.39 is 5.66 Å². The molecule has 4 nitrogen and oxygen atoms in total. The Morgan fingerprint density at radius 3 is 2.61 bits per heavy atom. The molecule has 0 bridgehead atoms. The second kappa shape index (κ2) is 3.85. The number of hydrogen-bond acceptors (Lipinski definition) is 2. The van der Waals surface area contributed by atoms with Gasteiger partial charge in [-0.3, -0.25) is 14.2 Å². The van der Waals surface area contributed by atoms with E-state index in [4.69, 9.17) is 11.6 Å². The number of amides is 1. The van der Waals surface area contributed by atoms with Crippen molar-refractivity contribution < 1.29 is 4.79 Å². The molecule has 5 heteroatoms. The zero-order valence-corrected chi connectivity index (χ0v) is 11.0. The highest BCUT2D eigenvalue weighted by Crippen LogP contribution is 2.37. The van der Waals surface area contributed by atoms with Crippen LogP contribution in [-0.4, -0.2) is 10.5 Å². The first kappa shape index (κ1) is 11.8. The third-order valence-electron chi connectivity index (χ3n) is 4.00. The first-order valence-corrected chi connectivity index (χ1v) is 6.68. The second-order valence-corrected chi connectivity index (χ2v) is 5.62. The van der Waals surface area contributed by atoms with Crippen LogP contribution in [0.25, 0.3) is 0 Å². The van der Waals surface area contributed by atoms with Crippen molar-refractivity contribution in [1.29, 1.82) is 0 Å². The molecule has 0 atom stereocenters. The van der Waals surface area contributed by atoms with Crippen LogP contribution in [-0.2, 0) is 5.66 Å². The maximum Gasteiger partial charge on any atom is 0.271 e. The molecule has 1 amide bonds. The maximum absolute atomic E-state index is 12.3. The zero-order chi connectivity index (χ0) is 12.9. The van der Waals surface area contributed by atoms with Gasteiger partial charge in [0.2, 0.25) is 0 Å². The van der Waals surface area contributed by atoms with Gasteiger partial charge in [0.1, 0.15) is 11.4 Å². The van der Waals surface area contributed by atoms with E-state index in [1.54, 1.807) is 17.6 Å². The van der Waals surface area contributed by atoms with E-state index in [-0.39, 0.29) is 11.5 Å². The van der Waals surface area contributed by atoms with Gasteiger partial charge in [-0.15, -0.1) is 0 Å². The number of nitrogens with zero attached hydrogens (tertiary/aromatic N) is 1. The van der Waals surface area contributed by atoms with Crippen LogP contribution in [0.5, 0.6) is 0 Å². The Kier molecular flexibility index (Phi) is 2.52. The van der Waals surface area contributed by atoms with Crippen LogP contribution in [0.4, 0.5) is 0 Å². The van der Waals surface area contributed by atoms with Gasteiger partial charge in [-0.05, 0) is 38.7 Å². The quantitative estimate of drug-likeness (QED) is 0.782. The van der Waals surface area contributed by atoms with Crippen molar-refractivity contribution in [2.45, 2.75) is 44.7 Å². The normalized spacial score (nSPS) is 20.9. The highest BCUT2D eigenvalue weighted by Gasteiger charge is 2.45. The fourth-order valence-corrected chi connectivity index (χ4v) is 3.47. The Bertz CT molecular complexity index is 585. The van der Waals surface area contributed by atoms with Gasteiger partial charge in [-0.25, -0.2) is 0 Å². The van der Waals surface area contributed by atoms with Crippen molar-refractivity contribution in [2.75, 3.05) is 0 Å². The van der Waals surface area contributed by atoms with E-state index in [9.17, 15) is 9.59 Å². The van der Waals surface area contributed by atoms with Crippen molar-refractivity contribution in [3.05, 3.63) is 32.7 Å². The van der Waals surface area contributed by atoms with E-state index in [1.807, 2.05) is 0 Å². The lowest BCUT2D eigenvalue weighted by atomic mass is 9.89. The van der Waals surface area contributed by atoms with E-state index in [1.165, 1.54) is 0 Å². The highest BCUT2D eigenvalue weighted by atomic mass is 35.5. The fourth-order valence-electron chi connectivity index (χ4n) is 3.13. The fraction of sp³-hybridized carbons (Fsp3) is 0.538. The summed E-state index contributed by atoms with van der Waals surface area (Å²) in [6, 6.07) is 1.58. The lowest BCUT2D eigenvalue weighted by Gasteiger charge is -2.35. The minimum absolute atomic E-state index is 0.102. The first-order valence-electron chi connectivity index (χ1n) is 6.30. The number of pyridine rings is 1. The van der Waals surface area contributed by atoms with Gasteiger partial charge < -0.3 is 5.32 Å². The topological polar surface area (TPSA) is 51.1 Å². The van der Waals surface area contributed by atoms with Crippen LogP contribution in [0.2, 0.25) is 5.02 Å². The molecular weight excluding hydrogens is 252 g/mol. The van der Waals surface area contributed by atoms with Crippen LogP contribution >= 0.6 is 11.6 Å². The number of rotatable bonds is 0.